The first-order chi connectivity index (χ1) is 12.0. The van der Waals surface area contributed by atoms with Gasteiger partial charge in [0.2, 0.25) is 0 Å². The third-order valence-electron chi connectivity index (χ3n) is 4.10. The van der Waals surface area contributed by atoms with E-state index in [0.717, 1.165) is 18.5 Å². The van der Waals surface area contributed by atoms with Crippen LogP contribution in [0.5, 0.6) is 0 Å². The van der Waals surface area contributed by atoms with Gasteiger partial charge in [0.05, 0.1) is 25.4 Å². The number of carbonyl (C=O) groups is 1. The predicted octanol–water partition coefficient (Wildman–Crippen LogP) is 2.62. The second-order valence-corrected chi connectivity index (χ2v) is 7.03. The summed E-state index contributed by atoms with van der Waals surface area (Å²) in [4.78, 5) is 14.7. The van der Waals surface area contributed by atoms with E-state index < -0.39 is 0 Å². The smallest absolute Gasteiger partial charge is 0.251 e. The van der Waals surface area contributed by atoms with Crippen molar-refractivity contribution < 1.29 is 14.3 Å². The minimum atomic E-state index is -0.121. The Morgan fingerprint density at radius 2 is 2.20 bits per heavy atom. The molecule has 1 aromatic rings. The summed E-state index contributed by atoms with van der Waals surface area (Å²) in [5.74, 6) is -0.0769. The van der Waals surface area contributed by atoms with Crippen molar-refractivity contribution in [2.24, 2.45) is 0 Å². The monoisotopic (exact) mass is 346 g/mol. The Hall–Kier alpha value is -1.69. The van der Waals surface area contributed by atoms with Gasteiger partial charge in [-0.1, -0.05) is 23.8 Å². The Labute approximate surface area is 151 Å². The molecule has 0 unspecified atom stereocenters. The Balaban J connectivity index is 1.98. The molecule has 1 amide bonds. The van der Waals surface area contributed by atoms with Gasteiger partial charge >= 0.3 is 0 Å². The Bertz CT molecular complexity index is 594. The molecule has 0 bridgehead atoms. The fraction of sp³-hybridized carbons (Fsp3) is 0.550. The van der Waals surface area contributed by atoms with E-state index in [4.69, 9.17) is 9.47 Å². The Kier molecular flexibility index (Phi) is 7.62. The summed E-state index contributed by atoms with van der Waals surface area (Å²) in [6.45, 7) is 6.63. The van der Waals surface area contributed by atoms with Crippen LogP contribution in [0.25, 0.3) is 0 Å². The van der Waals surface area contributed by atoms with Gasteiger partial charge in [0.25, 0.3) is 5.91 Å². The summed E-state index contributed by atoms with van der Waals surface area (Å²) in [5, 5.41) is 3.08. The molecule has 1 N–H and O–H groups in total. The van der Waals surface area contributed by atoms with Crippen molar-refractivity contribution in [2.75, 3.05) is 33.9 Å². The number of amides is 1. The lowest BCUT2D eigenvalue weighted by molar-refractivity contribution is -0.0457. The van der Waals surface area contributed by atoms with Gasteiger partial charge in [-0.3, -0.25) is 4.79 Å². The molecule has 2 atom stereocenters. The molecule has 138 valence electrons. The van der Waals surface area contributed by atoms with Gasteiger partial charge in [-0.25, -0.2) is 0 Å². The van der Waals surface area contributed by atoms with E-state index in [9.17, 15) is 4.79 Å². The highest BCUT2D eigenvalue weighted by Gasteiger charge is 2.28. The van der Waals surface area contributed by atoms with Crippen molar-refractivity contribution >= 4 is 5.91 Å². The van der Waals surface area contributed by atoms with Crippen molar-refractivity contribution in [3.8, 4) is 0 Å². The molecule has 0 radical (unpaired) electrons. The summed E-state index contributed by atoms with van der Waals surface area (Å²) in [6, 6.07) is 7.62. The van der Waals surface area contributed by atoms with E-state index in [1.54, 1.807) is 0 Å². The van der Waals surface area contributed by atoms with Crippen LogP contribution in [0.4, 0.5) is 0 Å². The normalized spacial score (nSPS) is 20.4. The topological polar surface area (TPSA) is 50.8 Å². The van der Waals surface area contributed by atoms with Gasteiger partial charge in [-0.05, 0) is 52.1 Å². The molecule has 5 nitrogen and oxygen atoms in total. The molecule has 1 aliphatic heterocycles. The number of benzene rings is 1. The number of rotatable bonds is 7. The van der Waals surface area contributed by atoms with E-state index in [1.807, 2.05) is 52.2 Å². The van der Waals surface area contributed by atoms with Crippen LogP contribution in [0, 0.1) is 0 Å². The lowest BCUT2D eigenvalue weighted by Gasteiger charge is -2.32. The molecule has 25 heavy (non-hydrogen) atoms. The zero-order chi connectivity index (χ0) is 18.2. The third-order valence-corrected chi connectivity index (χ3v) is 4.10. The molecular weight excluding hydrogens is 316 g/mol. The first-order valence-electron chi connectivity index (χ1n) is 8.83. The molecular formula is C20H30N2O3. The maximum Gasteiger partial charge on any atom is 0.251 e. The van der Waals surface area contributed by atoms with Crippen LogP contribution in [0.1, 0.15) is 36.2 Å². The third kappa shape index (κ3) is 6.61. The van der Waals surface area contributed by atoms with Crippen LogP contribution in [0.15, 0.2) is 35.9 Å². The summed E-state index contributed by atoms with van der Waals surface area (Å²) in [5.41, 5.74) is 3.02. The number of hydrogen-bond acceptors (Lipinski definition) is 4. The molecule has 1 aromatic carbocycles. The molecule has 0 saturated carbocycles. The van der Waals surface area contributed by atoms with Crippen LogP contribution >= 0.6 is 0 Å². The zero-order valence-electron chi connectivity index (χ0n) is 15.7. The van der Waals surface area contributed by atoms with Crippen LogP contribution in [0.2, 0.25) is 0 Å². The van der Waals surface area contributed by atoms with Gasteiger partial charge in [0, 0.05) is 18.7 Å². The van der Waals surface area contributed by atoms with Gasteiger partial charge in [0.15, 0.2) is 0 Å². The summed E-state index contributed by atoms with van der Waals surface area (Å²) in [6.07, 6.45) is 2.83. The molecule has 5 heteroatoms. The highest BCUT2D eigenvalue weighted by molar-refractivity contribution is 5.94. The number of nitrogens with one attached hydrogen (secondary N) is 1. The molecule has 1 heterocycles. The maximum absolute atomic E-state index is 12.6. The van der Waals surface area contributed by atoms with Crippen LogP contribution < -0.4 is 5.32 Å². The van der Waals surface area contributed by atoms with Gasteiger partial charge in [-0.2, -0.15) is 0 Å². The molecule has 0 aromatic heterocycles. The second-order valence-electron chi connectivity index (χ2n) is 7.03. The van der Waals surface area contributed by atoms with Crippen LogP contribution in [0.3, 0.4) is 0 Å². The molecule has 0 spiro atoms. The highest BCUT2D eigenvalue weighted by Crippen LogP contribution is 2.14. The summed E-state index contributed by atoms with van der Waals surface area (Å²) in [7, 11) is 4.03. The number of nitrogens with zero attached hydrogens (tertiary/aromatic N) is 1. The molecule has 1 saturated heterocycles. The van der Waals surface area contributed by atoms with E-state index in [2.05, 4.69) is 16.3 Å². The standard InChI is InChI=1S/C20H30N2O3/c1-15(2)8-11-25-19-9-10-24-14-18(19)21-20(23)17-7-5-6-16(12-17)13-22(3)4/h5-8,12,18-19H,9-11,13-14H2,1-4H3,(H,21,23)/t18-,19+/m0/s1. The summed E-state index contributed by atoms with van der Waals surface area (Å²) < 4.78 is 11.5. The molecule has 1 aliphatic rings. The fourth-order valence-corrected chi connectivity index (χ4v) is 2.82. The molecule has 2 rings (SSSR count). The minimum absolute atomic E-state index is 0.0155. The van der Waals surface area contributed by atoms with Crippen molar-refractivity contribution in [3.05, 3.63) is 47.0 Å². The lowest BCUT2D eigenvalue weighted by Crippen LogP contribution is -2.50. The average molecular weight is 346 g/mol. The minimum Gasteiger partial charge on any atom is -0.379 e. The predicted molar refractivity (Wildman–Crippen MR) is 99.7 cm³/mol. The van der Waals surface area contributed by atoms with E-state index in [-0.39, 0.29) is 18.1 Å². The van der Waals surface area contributed by atoms with Crippen molar-refractivity contribution in [1.82, 2.24) is 10.2 Å². The number of carbonyl (C=O) groups excluding carboxylic acids is 1. The Morgan fingerprint density at radius 3 is 2.92 bits per heavy atom. The lowest BCUT2D eigenvalue weighted by atomic mass is 10.0. The van der Waals surface area contributed by atoms with Crippen molar-refractivity contribution in [3.63, 3.8) is 0 Å². The van der Waals surface area contributed by atoms with E-state index in [0.29, 0.717) is 25.4 Å². The highest BCUT2D eigenvalue weighted by atomic mass is 16.5. The van der Waals surface area contributed by atoms with Crippen LogP contribution in [-0.2, 0) is 16.0 Å². The maximum atomic E-state index is 12.6. The quantitative estimate of drug-likeness (QED) is 0.771. The van der Waals surface area contributed by atoms with Gasteiger partial charge in [0.1, 0.15) is 0 Å². The van der Waals surface area contributed by atoms with E-state index in [1.165, 1.54) is 5.57 Å². The molecule has 1 fully saturated rings. The molecule has 0 aliphatic carbocycles. The van der Waals surface area contributed by atoms with Crippen molar-refractivity contribution in [2.45, 2.75) is 39.0 Å². The number of ether oxygens (including phenoxy) is 2. The second kappa shape index (κ2) is 9.70. The Morgan fingerprint density at radius 1 is 1.40 bits per heavy atom. The number of allylic oxidation sites excluding steroid dienone is 1. The van der Waals surface area contributed by atoms with Crippen molar-refractivity contribution in [1.29, 1.82) is 0 Å². The zero-order valence-corrected chi connectivity index (χ0v) is 15.7. The largest absolute Gasteiger partial charge is 0.379 e. The summed E-state index contributed by atoms with van der Waals surface area (Å²) >= 11 is 0. The fourth-order valence-electron chi connectivity index (χ4n) is 2.82. The first kappa shape index (κ1) is 19.6. The first-order valence-corrected chi connectivity index (χ1v) is 8.83. The van der Waals surface area contributed by atoms with Crippen LogP contribution in [-0.4, -0.2) is 56.9 Å². The number of hydrogen-bond donors (Lipinski definition) is 1. The van der Waals surface area contributed by atoms with Gasteiger partial charge in [-0.15, -0.1) is 0 Å². The SMILES string of the molecule is CC(C)=CCO[C@@H]1CCOC[C@@H]1NC(=O)c1cccc(CN(C)C)c1. The average Bonchev–Trinajstić information content (AvgIpc) is 2.55. The van der Waals surface area contributed by atoms with E-state index >= 15 is 0 Å². The van der Waals surface area contributed by atoms with Gasteiger partial charge < -0.3 is 19.7 Å².